The van der Waals surface area contributed by atoms with Crippen LogP contribution in [0, 0.1) is 0 Å². The van der Waals surface area contributed by atoms with Crippen LogP contribution in [0.4, 0.5) is 17.1 Å². The fourth-order valence-corrected chi connectivity index (χ4v) is 13.6. The van der Waals surface area contributed by atoms with E-state index in [4.69, 9.17) is 0 Å². The average molecular weight is 881 g/mol. The first kappa shape index (κ1) is 40.1. The molecule has 2 heterocycles. The summed E-state index contributed by atoms with van der Waals surface area (Å²) >= 11 is 1.89. The molecular formula is C64H52N2S. The van der Waals surface area contributed by atoms with E-state index in [1.54, 1.807) is 0 Å². The zero-order chi connectivity index (χ0) is 45.6. The van der Waals surface area contributed by atoms with E-state index < -0.39 is 0 Å². The predicted octanol–water partition coefficient (Wildman–Crippen LogP) is 18.2. The molecule has 0 fully saturated rings. The van der Waals surface area contributed by atoms with E-state index in [-0.39, 0.29) is 16.2 Å². The van der Waals surface area contributed by atoms with Crippen molar-refractivity contribution in [1.29, 1.82) is 0 Å². The molecule has 3 heteroatoms. The number of fused-ring (bicyclic) bond motifs is 12. The maximum atomic E-state index is 2.65. The summed E-state index contributed by atoms with van der Waals surface area (Å²) in [6, 6.07) is 70.6. The molecule has 2 nitrogen and oxygen atoms in total. The Kier molecular flexibility index (Phi) is 8.47. The minimum atomic E-state index is -0.306. The van der Waals surface area contributed by atoms with Crippen molar-refractivity contribution in [2.24, 2.45) is 0 Å². The van der Waals surface area contributed by atoms with Crippen molar-refractivity contribution in [3.63, 3.8) is 0 Å². The van der Waals surface area contributed by atoms with Crippen molar-refractivity contribution in [3.05, 3.63) is 216 Å². The molecule has 0 atom stereocenters. The van der Waals surface area contributed by atoms with Gasteiger partial charge in [-0.05, 0) is 115 Å². The third kappa shape index (κ3) is 5.62. The molecule has 0 aliphatic heterocycles. The fourth-order valence-electron chi connectivity index (χ4n) is 12.4. The van der Waals surface area contributed by atoms with Gasteiger partial charge in [-0.25, -0.2) is 0 Å². The van der Waals surface area contributed by atoms with E-state index in [0.717, 1.165) is 17.1 Å². The Morgan fingerprint density at radius 1 is 0.463 bits per heavy atom. The largest absolute Gasteiger partial charge is 0.310 e. The second kappa shape index (κ2) is 14.2. The first-order valence-electron chi connectivity index (χ1n) is 23.8. The van der Waals surface area contributed by atoms with Crippen LogP contribution >= 0.6 is 11.3 Å². The van der Waals surface area contributed by atoms with E-state index in [9.17, 15) is 0 Å². The molecular weight excluding hydrogens is 829 g/mol. The minimum Gasteiger partial charge on any atom is -0.310 e. The number of benzene rings is 9. The topological polar surface area (TPSA) is 8.17 Å². The maximum absolute atomic E-state index is 2.65. The first-order valence-corrected chi connectivity index (χ1v) is 24.6. The SMILES string of the molecule is CC(C)(C)c1c2c(c(N(c3ccc(-c4cccc5c4sc4ccccc45)cc3)c3ccc4c5ccccc5n(-c5ccccc5)c4c3)c3c1-c1ccccc1C3(C)C)C(C)(C)c1ccccc1-2. The van der Waals surface area contributed by atoms with Crippen LogP contribution < -0.4 is 4.90 Å². The van der Waals surface area contributed by atoms with Gasteiger partial charge in [-0.2, -0.15) is 0 Å². The number of anilines is 3. The number of hydrogen-bond acceptors (Lipinski definition) is 2. The van der Waals surface area contributed by atoms with Gasteiger partial charge in [0.05, 0.1) is 16.7 Å². The normalized spacial score (nSPS) is 14.4. The molecule has 2 aromatic heterocycles. The second-order valence-electron chi connectivity index (χ2n) is 20.9. The zero-order valence-electron chi connectivity index (χ0n) is 39.2. The number of rotatable bonds is 5. The van der Waals surface area contributed by atoms with Gasteiger partial charge < -0.3 is 9.47 Å². The third-order valence-electron chi connectivity index (χ3n) is 15.2. The number of aromatic nitrogens is 1. The van der Waals surface area contributed by atoms with Crippen molar-refractivity contribution >= 4 is 70.4 Å². The number of thiophene rings is 1. The Hall–Kier alpha value is -7.20. The summed E-state index contributed by atoms with van der Waals surface area (Å²) in [7, 11) is 0. The van der Waals surface area contributed by atoms with Crippen LogP contribution in [0.5, 0.6) is 0 Å². The number of hydrogen-bond donors (Lipinski definition) is 0. The highest BCUT2D eigenvalue weighted by Crippen LogP contribution is 2.66. The van der Waals surface area contributed by atoms with Crippen LogP contribution in [0.25, 0.3) is 81.0 Å². The molecule has 0 N–H and O–H groups in total. The first-order chi connectivity index (χ1) is 32.4. The lowest BCUT2D eigenvalue weighted by Crippen LogP contribution is -2.27. The smallest absolute Gasteiger partial charge is 0.0561 e. The van der Waals surface area contributed by atoms with E-state index in [1.165, 1.54) is 109 Å². The fraction of sp³-hybridized carbons (Fsp3) is 0.156. The van der Waals surface area contributed by atoms with Crippen LogP contribution in [-0.4, -0.2) is 4.57 Å². The molecule has 0 amide bonds. The van der Waals surface area contributed by atoms with Gasteiger partial charge in [0.25, 0.3) is 0 Å². The third-order valence-corrected chi connectivity index (χ3v) is 16.4. The molecule has 67 heavy (non-hydrogen) atoms. The Morgan fingerprint density at radius 2 is 1.00 bits per heavy atom. The maximum Gasteiger partial charge on any atom is 0.0561 e. The van der Waals surface area contributed by atoms with E-state index in [1.807, 2.05) is 11.3 Å². The Bertz CT molecular complexity index is 3750. The molecule has 0 saturated carbocycles. The predicted molar refractivity (Wildman–Crippen MR) is 288 cm³/mol. The molecule has 0 unspecified atom stereocenters. The highest BCUT2D eigenvalue weighted by Gasteiger charge is 2.50. The molecule has 0 saturated heterocycles. The second-order valence-corrected chi connectivity index (χ2v) is 21.9. The van der Waals surface area contributed by atoms with Gasteiger partial charge in [-0.3, -0.25) is 0 Å². The van der Waals surface area contributed by atoms with Gasteiger partial charge in [0.15, 0.2) is 0 Å². The lowest BCUT2D eigenvalue weighted by Gasteiger charge is -2.39. The zero-order valence-corrected chi connectivity index (χ0v) is 40.0. The van der Waals surface area contributed by atoms with Gasteiger partial charge in [-0.1, -0.05) is 188 Å². The van der Waals surface area contributed by atoms with Crippen molar-refractivity contribution in [2.75, 3.05) is 4.90 Å². The lowest BCUT2D eigenvalue weighted by atomic mass is 9.71. The molecule has 0 bridgehead atoms. The van der Waals surface area contributed by atoms with Crippen LogP contribution in [0.15, 0.2) is 188 Å². The van der Waals surface area contributed by atoms with E-state index in [2.05, 4.69) is 246 Å². The van der Waals surface area contributed by atoms with Gasteiger partial charge in [0.2, 0.25) is 0 Å². The molecule has 9 aromatic carbocycles. The average Bonchev–Trinajstić information content (AvgIpc) is 4.02. The van der Waals surface area contributed by atoms with Gasteiger partial charge in [0, 0.05) is 58.8 Å². The van der Waals surface area contributed by atoms with Gasteiger partial charge in [0.1, 0.15) is 0 Å². The number of para-hydroxylation sites is 2. The minimum absolute atomic E-state index is 0.149. The summed E-state index contributed by atoms with van der Waals surface area (Å²) in [5, 5.41) is 5.14. The summed E-state index contributed by atoms with van der Waals surface area (Å²) in [6.45, 7) is 17.2. The summed E-state index contributed by atoms with van der Waals surface area (Å²) in [6.07, 6.45) is 0. The molecule has 0 radical (unpaired) electrons. The summed E-state index contributed by atoms with van der Waals surface area (Å²) in [5.41, 5.74) is 21.4. The molecule has 11 aromatic rings. The van der Waals surface area contributed by atoms with E-state index in [0.29, 0.717) is 0 Å². The van der Waals surface area contributed by atoms with Crippen molar-refractivity contribution in [3.8, 4) is 39.1 Å². The monoisotopic (exact) mass is 880 g/mol. The van der Waals surface area contributed by atoms with Crippen LogP contribution in [0.3, 0.4) is 0 Å². The van der Waals surface area contributed by atoms with Crippen molar-refractivity contribution in [1.82, 2.24) is 4.57 Å². The van der Waals surface area contributed by atoms with Gasteiger partial charge in [-0.15, -0.1) is 11.3 Å². The molecule has 324 valence electrons. The summed E-state index contributed by atoms with van der Waals surface area (Å²) in [5.74, 6) is 0. The van der Waals surface area contributed by atoms with Crippen molar-refractivity contribution in [2.45, 2.75) is 64.7 Å². The molecule has 13 rings (SSSR count). The quantitative estimate of drug-likeness (QED) is 0.167. The number of nitrogens with zero attached hydrogens (tertiary/aromatic N) is 2. The Labute approximate surface area is 397 Å². The molecule has 2 aliphatic carbocycles. The lowest BCUT2D eigenvalue weighted by molar-refractivity contribution is 0.587. The summed E-state index contributed by atoms with van der Waals surface area (Å²) < 4.78 is 5.11. The van der Waals surface area contributed by atoms with Crippen LogP contribution in [0.1, 0.15) is 76.3 Å². The van der Waals surface area contributed by atoms with Crippen LogP contribution in [-0.2, 0) is 16.2 Å². The Balaban J connectivity index is 1.16. The van der Waals surface area contributed by atoms with Gasteiger partial charge >= 0.3 is 0 Å². The van der Waals surface area contributed by atoms with Crippen molar-refractivity contribution < 1.29 is 0 Å². The highest BCUT2D eigenvalue weighted by atomic mass is 32.1. The molecule has 0 spiro atoms. The molecule has 2 aliphatic rings. The van der Waals surface area contributed by atoms with Crippen LogP contribution in [0.2, 0.25) is 0 Å². The highest BCUT2D eigenvalue weighted by molar-refractivity contribution is 7.26. The van der Waals surface area contributed by atoms with E-state index >= 15 is 0 Å². The summed E-state index contributed by atoms with van der Waals surface area (Å²) in [4.78, 5) is 2.65. The Morgan fingerprint density at radius 3 is 1.67 bits per heavy atom. The standard InChI is InChI=1S/C64H52N2S/c1-62(2,3)57-55-48-24-11-15-28-50(48)63(4,5)58(55)60(59-56(57)49-25-12-16-29-51(49)64(59,6)7)65(41-34-32-39(33-35-41)43-26-19-27-47-46-23-14-18-31-54(46)67-61(43)47)42-36-37-45-44-22-13-17-30-52(44)66(53(45)38-42)40-20-9-8-10-21-40/h8-38H,1-7H3.